The molecule has 0 N–H and O–H groups in total. The Kier molecular flexibility index (Phi) is 1.71. The van der Waals surface area contributed by atoms with E-state index in [0.29, 0.717) is 0 Å². The van der Waals surface area contributed by atoms with E-state index in [0.717, 1.165) is 14.0 Å². The number of hydroxylamine groups is 1. The monoisotopic (exact) mass is 99.1 g/mol. The zero-order valence-corrected chi connectivity index (χ0v) is 4.68. The fourth-order valence-electron chi connectivity index (χ4n) is 0.871. The Morgan fingerprint density at radius 3 is 2.86 bits per heavy atom. The van der Waals surface area contributed by atoms with Crippen LogP contribution in [0, 0.1) is 0 Å². The highest BCUT2D eigenvalue weighted by Crippen LogP contribution is 2.03. The molecule has 40 valence electrons. The van der Waals surface area contributed by atoms with Crippen molar-refractivity contribution in [3.63, 3.8) is 0 Å². The highest BCUT2D eigenvalue weighted by molar-refractivity contribution is 6.32. The van der Waals surface area contributed by atoms with E-state index in [1.807, 2.05) is 4.97 Å². The molecule has 0 aromatic heterocycles. The molecule has 1 saturated heterocycles. The Morgan fingerprint density at radius 1 is 1.71 bits per heavy atom. The molecule has 0 amide bonds. The zero-order chi connectivity index (χ0) is 5.11. The smallest absolute Gasteiger partial charge is 0.238 e. The lowest BCUT2D eigenvalue weighted by Gasteiger charge is -2.08. The van der Waals surface area contributed by atoms with Crippen LogP contribution in [-0.4, -0.2) is 26.0 Å². The first kappa shape index (κ1) is 5.13. The van der Waals surface area contributed by atoms with Crippen molar-refractivity contribution in [1.29, 1.82) is 0 Å². The Balaban J connectivity index is 2.14. The van der Waals surface area contributed by atoms with E-state index in [1.165, 1.54) is 12.7 Å². The van der Waals surface area contributed by atoms with Crippen LogP contribution in [0.5, 0.6) is 0 Å². The number of nitrogens with zero attached hydrogens (tertiary/aromatic N) is 1. The van der Waals surface area contributed by atoms with Crippen molar-refractivity contribution in [2.45, 2.75) is 12.7 Å². The molecule has 3 heteroatoms. The molecule has 0 aromatic rings. The Hall–Kier alpha value is -0.0151. The van der Waals surface area contributed by atoms with Crippen molar-refractivity contribution < 1.29 is 4.84 Å². The molecular formula is C4H10BNO. The molecule has 1 aliphatic rings. The van der Waals surface area contributed by atoms with Crippen LogP contribution in [0.1, 0.15) is 6.42 Å². The van der Waals surface area contributed by atoms with Gasteiger partial charge >= 0.3 is 0 Å². The average Bonchev–Trinajstić information content (AvgIpc) is 2.14. The summed E-state index contributed by atoms with van der Waals surface area (Å²) in [7, 11) is 2.85. The molecule has 1 fully saturated rings. The molecule has 0 saturated carbocycles. The van der Waals surface area contributed by atoms with Crippen molar-refractivity contribution in [2.75, 3.05) is 13.7 Å². The summed E-state index contributed by atoms with van der Waals surface area (Å²) in [6, 6.07) is 0. The van der Waals surface area contributed by atoms with Gasteiger partial charge in [-0.3, -0.25) is 0 Å². The first-order valence-corrected chi connectivity index (χ1v) is 2.72. The van der Waals surface area contributed by atoms with Gasteiger partial charge in [0, 0.05) is 6.54 Å². The molecule has 1 rings (SSSR count). The van der Waals surface area contributed by atoms with Crippen LogP contribution in [-0.2, 0) is 4.84 Å². The summed E-state index contributed by atoms with van der Waals surface area (Å²) in [6.45, 7) is 1.12. The second-order valence-corrected chi connectivity index (χ2v) is 1.82. The molecule has 0 aliphatic carbocycles. The third kappa shape index (κ3) is 1.18. The van der Waals surface area contributed by atoms with E-state index in [-0.39, 0.29) is 0 Å². The first-order chi connectivity index (χ1) is 3.43. The standard InChI is InChI=1S/C4H10BNO/c1-7-6-4-2-3-5-6/h5H,2-4H2,1H3. The number of hydrogen-bond donors (Lipinski definition) is 0. The van der Waals surface area contributed by atoms with Crippen LogP contribution >= 0.6 is 0 Å². The van der Waals surface area contributed by atoms with Crippen LogP contribution in [0.25, 0.3) is 0 Å². The molecule has 7 heavy (non-hydrogen) atoms. The highest BCUT2D eigenvalue weighted by atomic mass is 16.7. The van der Waals surface area contributed by atoms with Gasteiger partial charge in [-0.15, -0.1) is 0 Å². The zero-order valence-electron chi connectivity index (χ0n) is 4.68. The fraction of sp³-hybridized carbons (Fsp3) is 1.00. The average molecular weight is 98.9 g/mol. The largest absolute Gasteiger partial charge is 0.314 e. The quantitative estimate of drug-likeness (QED) is 0.430. The summed E-state index contributed by atoms with van der Waals surface area (Å²) < 4.78 is 0. The predicted molar refractivity (Wildman–Crippen MR) is 30.3 cm³/mol. The van der Waals surface area contributed by atoms with Gasteiger partial charge in [-0.05, 0) is 6.42 Å². The molecule has 0 aromatic carbocycles. The topological polar surface area (TPSA) is 12.5 Å². The van der Waals surface area contributed by atoms with Gasteiger partial charge < -0.3 is 4.84 Å². The second-order valence-electron chi connectivity index (χ2n) is 1.82. The van der Waals surface area contributed by atoms with Crippen molar-refractivity contribution in [3.05, 3.63) is 0 Å². The first-order valence-electron chi connectivity index (χ1n) is 2.72. The molecule has 0 bridgehead atoms. The summed E-state index contributed by atoms with van der Waals surface area (Å²) in [5.74, 6) is 0. The lowest BCUT2D eigenvalue weighted by molar-refractivity contribution is -0.0439. The molecule has 0 atom stereocenters. The maximum atomic E-state index is 4.94. The second kappa shape index (κ2) is 2.33. The van der Waals surface area contributed by atoms with E-state index in [1.54, 1.807) is 7.11 Å². The van der Waals surface area contributed by atoms with Crippen molar-refractivity contribution in [1.82, 2.24) is 4.97 Å². The van der Waals surface area contributed by atoms with E-state index in [9.17, 15) is 0 Å². The fourth-order valence-corrected chi connectivity index (χ4v) is 0.871. The summed E-state index contributed by atoms with van der Waals surface area (Å²) in [5, 5.41) is 0. The Bertz CT molecular complexity index is 53.7. The maximum Gasteiger partial charge on any atom is 0.238 e. The van der Waals surface area contributed by atoms with Gasteiger partial charge in [-0.25, -0.2) is 4.97 Å². The SMILES string of the molecule is CON1BCCC1. The molecule has 1 heterocycles. The van der Waals surface area contributed by atoms with Gasteiger partial charge in [0.05, 0.1) is 7.11 Å². The molecule has 0 spiro atoms. The van der Waals surface area contributed by atoms with Gasteiger partial charge in [-0.2, -0.15) is 0 Å². The number of rotatable bonds is 1. The van der Waals surface area contributed by atoms with Gasteiger partial charge in [0.15, 0.2) is 0 Å². The minimum Gasteiger partial charge on any atom is -0.314 e. The van der Waals surface area contributed by atoms with Crippen LogP contribution in [0.15, 0.2) is 0 Å². The van der Waals surface area contributed by atoms with Gasteiger partial charge in [-0.1, -0.05) is 6.32 Å². The van der Waals surface area contributed by atoms with E-state index < -0.39 is 0 Å². The molecule has 1 aliphatic heterocycles. The van der Waals surface area contributed by atoms with Crippen LogP contribution in [0.2, 0.25) is 6.32 Å². The van der Waals surface area contributed by atoms with Crippen LogP contribution < -0.4 is 0 Å². The van der Waals surface area contributed by atoms with Crippen LogP contribution in [0.3, 0.4) is 0 Å². The van der Waals surface area contributed by atoms with Crippen molar-refractivity contribution in [2.24, 2.45) is 0 Å². The van der Waals surface area contributed by atoms with Crippen molar-refractivity contribution in [3.8, 4) is 0 Å². The molecule has 0 radical (unpaired) electrons. The normalized spacial score (nSPS) is 22.4. The lowest BCUT2D eigenvalue weighted by Crippen LogP contribution is -2.19. The third-order valence-electron chi connectivity index (χ3n) is 1.32. The number of hydrogen-bond acceptors (Lipinski definition) is 2. The van der Waals surface area contributed by atoms with Gasteiger partial charge in [0.2, 0.25) is 7.41 Å². The lowest BCUT2D eigenvalue weighted by atomic mass is 9.93. The third-order valence-corrected chi connectivity index (χ3v) is 1.32. The molecule has 2 nitrogen and oxygen atoms in total. The van der Waals surface area contributed by atoms with E-state index >= 15 is 0 Å². The van der Waals surface area contributed by atoms with Gasteiger partial charge in [0.1, 0.15) is 0 Å². The summed E-state index contributed by atoms with van der Waals surface area (Å²) in [4.78, 5) is 6.93. The summed E-state index contributed by atoms with van der Waals surface area (Å²) >= 11 is 0. The van der Waals surface area contributed by atoms with Crippen LogP contribution in [0.4, 0.5) is 0 Å². The predicted octanol–water partition coefficient (Wildman–Crippen LogP) is 0.0233. The van der Waals surface area contributed by atoms with E-state index in [4.69, 9.17) is 4.84 Å². The minimum absolute atomic E-state index is 1.12. The Labute approximate surface area is 44.7 Å². The molecule has 0 unspecified atom stereocenters. The Morgan fingerprint density at radius 2 is 2.57 bits per heavy atom. The minimum atomic E-state index is 1.12. The summed E-state index contributed by atoms with van der Waals surface area (Å²) in [5.41, 5.74) is 0. The highest BCUT2D eigenvalue weighted by Gasteiger charge is 2.10. The summed E-state index contributed by atoms with van der Waals surface area (Å²) in [6.07, 6.45) is 2.60. The maximum absolute atomic E-state index is 4.94. The van der Waals surface area contributed by atoms with Gasteiger partial charge in [0.25, 0.3) is 0 Å². The van der Waals surface area contributed by atoms with E-state index in [2.05, 4.69) is 0 Å². The van der Waals surface area contributed by atoms with Crippen molar-refractivity contribution >= 4 is 7.41 Å². The molecular weight excluding hydrogens is 88.9 g/mol.